The third-order valence-electron chi connectivity index (χ3n) is 4.66. The molecule has 26 heavy (non-hydrogen) atoms. The molecule has 2 atom stereocenters. The molecule has 0 saturated heterocycles. The van der Waals surface area contributed by atoms with E-state index < -0.39 is 0 Å². The summed E-state index contributed by atoms with van der Waals surface area (Å²) in [4.78, 5) is 26.6. The number of benzene rings is 2. The van der Waals surface area contributed by atoms with Crippen molar-refractivity contribution in [3.8, 4) is 0 Å². The predicted octanol–water partition coefficient (Wildman–Crippen LogP) is 2.95. The lowest BCUT2D eigenvalue weighted by molar-refractivity contribution is -0.125. The third-order valence-corrected chi connectivity index (χ3v) is 4.66. The van der Waals surface area contributed by atoms with Gasteiger partial charge in [-0.1, -0.05) is 29.8 Å². The highest BCUT2D eigenvalue weighted by Crippen LogP contribution is 2.39. The van der Waals surface area contributed by atoms with Crippen LogP contribution >= 0.6 is 0 Å². The smallest absolute Gasteiger partial charge is 0.228 e. The van der Waals surface area contributed by atoms with Crippen molar-refractivity contribution < 1.29 is 9.59 Å². The molecule has 3 rings (SSSR count). The summed E-state index contributed by atoms with van der Waals surface area (Å²) in [5.74, 6) is -0.588. The number of carbonyl (C=O) groups excluding carboxylic acids is 2. The van der Waals surface area contributed by atoms with E-state index in [2.05, 4.69) is 16.7 Å². The molecule has 1 fully saturated rings. The Labute approximate surface area is 154 Å². The van der Waals surface area contributed by atoms with Gasteiger partial charge in [0.15, 0.2) is 0 Å². The van der Waals surface area contributed by atoms with E-state index >= 15 is 0 Å². The maximum Gasteiger partial charge on any atom is 0.228 e. The zero-order chi connectivity index (χ0) is 18.7. The number of amides is 2. The van der Waals surface area contributed by atoms with Crippen LogP contribution in [0.5, 0.6) is 0 Å². The first-order valence-electron chi connectivity index (χ1n) is 8.85. The summed E-state index contributed by atoms with van der Waals surface area (Å²) in [6.45, 7) is 2.52. The van der Waals surface area contributed by atoms with Gasteiger partial charge in [-0.05, 0) is 43.2 Å². The molecular weight excluding hydrogens is 326 g/mol. The molecule has 136 valence electrons. The molecule has 5 nitrogen and oxygen atoms in total. The largest absolute Gasteiger partial charge is 0.378 e. The van der Waals surface area contributed by atoms with Crippen LogP contribution in [0.1, 0.15) is 17.5 Å². The van der Waals surface area contributed by atoms with Crippen LogP contribution in [0.25, 0.3) is 0 Å². The molecule has 1 aliphatic carbocycles. The van der Waals surface area contributed by atoms with Crippen molar-refractivity contribution in [3.05, 3.63) is 59.7 Å². The number of hydrogen-bond acceptors (Lipinski definition) is 3. The first-order chi connectivity index (χ1) is 12.4. The van der Waals surface area contributed by atoms with Crippen LogP contribution in [0, 0.1) is 18.8 Å². The second kappa shape index (κ2) is 7.60. The third kappa shape index (κ3) is 4.42. The fraction of sp³-hybridized carbons (Fsp3) is 0.333. The molecule has 0 aromatic heterocycles. The van der Waals surface area contributed by atoms with Gasteiger partial charge in [-0.3, -0.25) is 9.59 Å². The zero-order valence-corrected chi connectivity index (χ0v) is 15.5. The van der Waals surface area contributed by atoms with Crippen LogP contribution in [0.2, 0.25) is 0 Å². The summed E-state index contributed by atoms with van der Waals surface area (Å²) >= 11 is 0. The number of aryl methyl sites for hydroxylation is 1. The van der Waals surface area contributed by atoms with E-state index in [9.17, 15) is 9.59 Å². The van der Waals surface area contributed by atoms with E-state index in [4.69, 9.17) is 0 Å². The molecule has 0 bridgehead atoms. The summed E-state index contributed by atoms with van der Waals surface area (Å²) in [6, 6.07) is 15.7. The van der Waals surface area contributed by atoms with Gasteiger partial charge in [-0.15, -0.1) is 0 Å². The molecule has 2 aromatic carbocycles. The highest BCUT2D eigenvalue weighted by Gasteiger charge is 2.47. The number of nitrogens with one attached hydrogen (secondary N) is 2. The van der Waals surface area contributed by atoms with Crippen LogP contribution in [0.15, 0.2) is 48.5 Å². The molecule has 0 radical (unpaired) electrons. The molecule has 5 heteroatoms. The van der Waals surface area contributed by atoms with Crippen molar-refractivity contribution in [1.29, 1.82) is 0 Å². The van der Waals surface area contributed by atoms with Crippen LogP contribution in [-0.2, 0) is 16.1 Å². The molecule has 1 saturated carbocycles. The Morgan fingerprint density at radius 1 is 1.04 bits per heavy atom. The van der Waals surface area contributed by atoms with Crippen molar-refractivity contribution in [3.63, 3.8) is 0 Å². The molecular formula is C21H25N3O2. The Kier molecular flexibility index (Phi) is 5.26. The summed E-state index contributed by atoms with van der Waals surface area (Å²) in [5.41, 5.74) is 4.07. The Balaban J connectivity index is 1.48. The van der Waals surface area contributed by atoms with E-state index in [0.29, 0.717) is 13.0 Å². The van der Waals surface area contributed by atoms with E-state index in [1.807, 2.05) is 68.4 Å². The summed E-state index contributed by atoms with van der Waals surface area (Å²) in [6.07, 6.45) is 0.612. The van der Waals surface area contributed by atoms with Gasteiger partial charge in [0.2, 0.25) is 11.8 Å². The normalized spacial score (nSPS) is 18.1. The Hall–Kier alpha value is -2.82. The quantitative estimate of drug-likeness (QED) is 0.841. The summed E-state index contributed by atoms with van der Waals surface area (Å²) in [7, 11) is 3.94. The van der Waals surface area contributed by atoms with Crippen molar-refractivity contribution in [1.82, 2.24) is 5.32 Å². The summed E-state index contributed by atoms with van der Waals surface area (Å²) < 4.78 is 0. The second-order valence-electron chi connectivity index (χ2n) is 7.09. The number of nitrogens with zero attached hydrogens (tertiary/aromatic N) is 1. The topological polar surface area (TPSA) is 61.4 Å². The van der Waals surface area contributed by atoms with Gasteiger partial charge in [0, 0.05) is 32.0 Å². The SMILES string of the molecule is Cc1cccc(CNC(=O)C2CC2C(=O)Nc2ccc(N(C)C)cc2)c1. The van der Waals surface area contributed by atoms with Gasteiger partial charge >= 0.3 is 0 Å². The lowest BCUT2D eigenvalue weighted by Gasteiger charge is -2.13. The van der Waals surface area contributed by atoms with Crippen molar-refractivity contribution in [2.45, 2.75) is 19.9 Å². The maximum absolute atomic E-state index is 12.3. The molecule has 1 aliphatic rings. The first kappa shape index (κ1) is 18.0. The minimum atomic E-state index is -0.235. The maximum atomic E-state index is 12.3. The van der Waals surface area contributed by atoms with E-state index in [1.54, 1.807) is 0 Å². The van der Waals surface area contributed by atoms with Gasteiger partial charge in [0.1, 0.15) is 0 Å². The van der Waals surface area contributed by atoms with Crippen LogP contribution in [0.4, 0.5) is 11.4 Å². The zero-order valence-electron chi connectivity index (χ0n) is 15.5. The van der Waals surface area contributed by atoms with E-state index in [0.717, 1.165) is 16.9 Å². The number of rotatable bonds is 6. The fourth-order valence-corrected chi connectivity index (χ4v) is 2.99. The standard InChI is InChI=1S/C21H25N3O2/c1-14-5-4-6-15(11-14)13-22-20(25)18-12-19(18)21(26)23-16-7-9-17(10-8-16)24(2)3/h4-11,18-19H,12-13H2,1-3H3,(H,22,25)(H,23,26). The van der Waals surface area contributed by atoms with E-state index in [-0.39, 0.29) is 23.7 Å². The Bertz CT molecular complexity index is 799. The van der Waals surface area contributed by atoms with Crippen LogP contribution in [-0.4, -0.2) is 25.9 Å². The van der Waals surface area contributed by atoms with Gasteiger partial charge in [-0.25, -0.2) is 0 Å². The monoisotopic (exact) mass is 351 g/mol. The lowest BCUT2D eigenvalue weighted by Crippen LogP contribution is -2.27. The molecule has 2 aromatic rings. The van der Waals surface area contributed by atoms with Crippen molar-refractivity contribution in [2.24, 2.45) is 11.8 Å². The van der Waals surface area contributed by atoms with Gasteiger partial charge in [-0.2, -0.15) is 0 Å². The number of hydrogen-bond donors (Lipinski definition) is 2. The highest BCUT2D eigenvalue weighted by molar-refractivity contribution is 5.99. The molecule has 0 spiro atoms. The minimum Gasteiger partial charge on any atom is -0.378 e. The first-order valence-corrected chi connectivity index (χ1v) is 8.85. The summed E-state index contributed by atoms with van der Waals surface area (Å²) in [5, 5.41) is 5.83. The molecule has 2 amide bonds. The Morgan fingerprint density at radius 3 is 2.38 bits per heavy atom. The predicted molar refractivity (Wildman–Crippen MR) is 104 cm³/mol. The number of carbonyl (C=O) groups is 2. The average Bonchev–Trinajstić information content (AvgIpc) is 3.41. The van der Waals surface area contributed by atoms with Crippen molar-refractivity contribution >= 4 is 23.2 Å². The minimum absolute atomic E-state index is 0.0467. The lowest BCUT2D eigenvalue weighted by atomic mass is 10.1. The molecule has 0 aliphatic heterocycles. The van der Waals surface area contributed by atoms with Gasteiger partial charge in [0.25, 0.3) is 0 Å². The number of anilines is 2. The average molecular weight is 351 g/mol. The van der Waals surface area contributed by atoms with Crippen molar-refractivity contribution in [2.75, 3.05) is 24.3 Å². The highest BCUT2D eigenvalue weighted by atomic mass is 16.2. The molecule has 2 N–H and O–H groups in total. The van der Waals surface area contributed by atoms with Gasteiger partial charge < -0.3 is 15.5 Å². The molecule has 2 unspecified atom stereocenters. The second-order valence-corrected chi connectivity index (χ2v) is 7.09. The molecule has 0 heterocycles. The Morgan fingerprint density at radius 2 is 1.73 bits per heavy atom. The van der Waals surface area contributed by atoms with Crippen LogP contribution < -0.4 is 15.5 Å². The fourth-order valence-electron chi connectivity index (χ4n) is 2.99. The van der Waals surface area contributed by atoms with E-state index in [1.165, 1.54) is 5.56 Å². The van der Waals surface area contributed by atoms with Crippen LogP contribution in [0.3, 0.4) is 0 Å². The van der Waals surface area contributed by atoms with Gasteiger partial charge in [0.05, 0.1) is 11.8 Å².